The molecule has 35 heavy (non-hydrogen) atoms. The van der Waals surface area contributed by atoms with Crippen LogP contribution in [0.3, 0.4) is 0 Å². The van der Waals surface area contributed by atoms with Crippen molar-refractivity contribution in [3.63, 3.8) is 0 Å². The Labute approximate surface area is 203 Å². The molecular weight excluding hydrogens is 444 g/mol. The van der Waals surface area contributed by atoms with Crippen LogP contribution in [-0.4, -0.2) is 40.7 Å². The number of pyridine rings is 2. The first-order chi connectivity index (χ1) is 17.0. The molecule has 8 nitrogen and oxygen atoms in total. The number of carbonyl (C=O) groups excluding carboxylic acids is 1. The summed E-state index contributed by atoms with van der Waals surface area (Å²) in [5.74, 6) is 1.08. The van der Waals surface area contributed by atoms with Crippen LogP contribution in [0.25, 0.3) is 22.3 Å². The number of hydrogen-bond donors (Lipinski definition) is 4. The second-order valence-corrected chi connectivity index (χ2v) is 9.81. The number of phenolic OH excluding ortho intramolecular Hbond substituents is 1. The number of hydrogen-bond acceptors (Lipinski definition) is 6. The molecule has 0 radical (unpaired) electrons. The van der Waals surface area contributed by atoms with E-state index in [-0.39, 0.29) is 11.3 Å². The lowest BCUT2D eigenvalue weighted by Gasteiger charge is -2.22. The average Bonchev–Trinajstić information content (AvgIpc) is 3.67. The molecule has 0 bridgehead atoms. The van der Waals surface area contributed by atoms with Gasteiger partial charge in [0.25, 0.3) is 11.5 Å². The van der Waals surface area contributed by atoms with Crippen LogP contribution in [0, 0.1) is 11.8 Å². The molecule has 1 atom stereocenters. The third-order valence-electron chi connectivity index (χ3n) is 7.06. The summed E-state index contributed by atoms with van der Waals surface area (Å²) in [6.07, 6.45) is 7.55. The van der Waals surface area contributed by atoms with Gasteiger partial charge >= 0.3 is 0 Å². The average molecular weight is 477 g/mol. The number of nitrogens with one attached hydrogen (secondary N) is 2. The van der Waals surface area contributed by atoms with Gasteiger partial charge in [-0.25, -0.2) is 4.98 Å². The molecule has 1 aliphatic carbocycles. The first-order valence-electron chi connectivity index (χ1n) is 12.5. The van der Waals surface area contributed by atoms with Gasteiger partial charge in [-0.3, -0.25) is 9.59 Å². The quantitative estimate of drug-likeness (QED) is 0.374. The first kappa shape index (κ1) is 23.4. The molecule has 3 heterocycles. The summed E-state index contributed by atoms with van der Waals surface area (Å²) in [7, 11) is 0. The van der Waals surface area contributed by atoms with Crippen molar-refractivity contribution in [1.29, 1.82) is 0 Å². The van der Waals surface area contributed by atoms with Gasteiger partial charge in [0.2, 0.25) is 0 Å². The minimum Gasteiger partial charge on any atom is -0.507 e. The van der Waals surface area contributed by atoms with E-state index in [1.807, 2.05) is 12.1 Å². The topological polar surface area (TPSA) is 130 Å². The van der Waals surface area contributed by atoms with Gasteiger partial charge < -0.3 is 25.9 Å². The first-order valence-corrected chi connectivity index (χ1v) is 12.5. The van der Waals surface area contributed by atoms with E-state index in [1.165, 1.54) is 12.8 Å². The van der Waals surface area contributed by atoms with Crippen molar-refractivity contribution in [3.05, 3.63) is 51.8 Å². The summed E-state index contributed by atoms with van der Waals surface area (Å²) >= 11 is 0. The van der Waals surface area contributed by atoms with Crippen LogP contribution >= 0.6 is 0 Å². The van der Waals surface area contributed by atoms with Crippen LogP contribution in [0.2, 0.25) is 0 Å². The number of piperidine rings is 1. The number of aromatic nitrogens is 2. The molecule has 2 aromatic heterocycles. The van der Waals surface area contributed by atoms with Gasteiger partial charge in [-0.1, -0.05) is 6.07 Å². The lowest BCUT2D eigenvalue weighted by molar-refractivity contribution is 0.0999. The Balaban J connectivity index is 1.54. The van der Waals surface area contributed by atoms with Gasteiger partial charge in [0, 0.05) is 5.39 Å². The van der Waals surface area contributed by atoms with Crippen molar-refractivity contribution < 1.29 is 14.6 Å². The number of nitrogens with two attached hydrogens (primary N) is 1. The Morgan fingerprint density at radius 3 is 2.80 bits per heavy atom. The highest BCUT2D eigenvalue weighted by Crippen LogP contribution is 2.39. The predicted octanol–water partition coefficient (Wildman–Crippen LogP) is 3.51. The summed E-state index contributed by atoms with van der Waals surface area (Å²) < 4.78 is 6.04. The van der Waals surface area contributed by atoms with Crippen LogP contribution in [0.4, 0.5) is 0 Å². The number of phenols is 1. The molecule has 1 saturated heterocycles. The molecule has 1 aliphatic heterocycles. The number of primary amides is 1. The minimum absolute atomic E-state index is 0.0699. The number of nitrogens with zero attached hydrogens (tertiary/aromatic N) is 1. The highest BCUT2D eigenvalue weighted by molar-refractivity contribution is 5.96. The van der Waals surface area contributed by atoms with E-state index < -0.39 is 11.5 Å². The van der Waals surface area contributed by atoms with Gasteiger partial charge in [0.05, 0.1) is 17.9 Å². The van der Waals surface area contributed by atoms with E-state index in [4.69, 9.17) is 10.5 Å². The van der Waals surface area contributed by atoms with E-state index in [1.54, 1.807) is 18.2 Å². The van der Waals surface area contributed by atoms with Gasteiger partial charge in [-0.2, -0.15) is 0 Å². The smallest absolute Gasteiger partial charge is 0.262 e. The fourth-order valence-electron chi connectivity index (χ4n) is 4.91. The summed E-state index contributed by atoms with van der Waals surface area (Å²) in [6, 6.07) is 8.67. The maximum Gasteiger partial charge on any atom is 0.262 e. The Morgan fingerprint density at radius 1 is 1.20 bits per heavy atom. The van der Waals surface area contributed by atoms with E-state index in [2.05, 4.69) is 15.3 Å². The van der Waals surface area contributed by atoms with Gasteiger partial charge in [-0.15, -0.1) is 0 Å². The molecule has 1 amide bonds. The number of aryl methyl sites for hydroxylation is 1. The summed E-state index contributed by atoms with van der Waals surface area (Å²) in [6.45, 7) is 2.73. The lowest BCUT2D eigenvalue weighted by Crippen LogP contribution is -2.29. The molecule has 1 saturated carbocycles. The lowest BCUT2D eigenvalue weighted by atomic mass is 9.92. The van der Waals surface area contributed by atoms with Crippen LogP contribution < -0.4 is 21.3 Å². The number of benzene rings is 1. The number of H-pyrrole nitrogens is 1. The Bertz CT molecular complexity index is 1290. The molecular formula is C27H32N4O4. The van der Waals surface area contributed by atoms with Crippen molar-refractivity contribution in [3.8, 4) is 22.8 Å². The third-order valence-corrected chi connectivity index (χ3v) is 7.06. The molecule has 3 aromatic rings. The molecule has 2 fully saturated rings. The van der Waals surface area contributed by atoms with Gasteiger partial charge in [0.15, 0.2) is 0 Å². The van der Waals surface area contributed by atoms with Crippen LogP contribution in [0.15, 0.2) is 35.1 Å². The molecule has 5 N–H and O–H groups in total. The van der Waals surface area contributed by atoms with Crippen molar-refractivity contribution in [2.75, 3.05) is 19.7 Å². The predicted molar refractivity (Wildman–Crippen MR) is 135 cm³/mol. The molecule has 8 heteroatoms. The number of ether oxygens (including phenoxy) is 1. The fraction of sp³-hybridized carbons (Fsp3) is 0.444. The summed E-state index contributed by atoms with van der Waals surface area (Å²) in [5, 5.41) is 14.9. The molecule has 184 valence electrons. The van der Waals surface area contributed by atoms with Gasteiger partial charge in [-0.05, 0) is 99.7 Å². The standard InChI is InChI=1S/C27H32N4O4/c28-25(33)20-13-19-18(6-1-4-16-5-3-11-29-14-16)12-21(30-26(19)31-27(20)34)24-22(32)7-2-8-23(24)35-15-17-9-10-17/h2,7-8,12-13,16-17,29,32H,1,3-6,9-11,14-15H2,(H2,28,33)(H,30,31,34). The molecule has 2 aliphatic rings. The van der Waals surface area contributed by atoms with Crippen molar-refractivity contribution in [1.82, 2.24) is 15.3 Å². The molecule has 1 unspecified atom stereocenters. The van der Waals surface area contributed by atoms with Crippen LogP contribution in [0.1, 0.15) is 54.4 Å². The highest BCUT2D eigenvalue weighted by Gasteiger charge is 2.24. The van der Waals surface area contributed by atoms with Crippen molar-refractivity contribution in [2.24, 2.45) is 17.6 Å². The Hall–Kier alpha value is -3.39. The second-order valence-electron chi connectivity index (χ2n) is 9.81. The normalized spacial score (nSPS) is 18.0. The van der Waals surface area contributed by atoms with Crippen molar-refractivity contribution in [2.45, 2.75) is 44.9 Å². The zero-order chi connectivity index (χ0) is 24.4. The maximum atomic E-state index is 12.5. The number of aromatic amines is 1. The van der Waals surface area contributed by atoms with E-state index in [9.17, 15) is 14.7 Å². The number of aromatic hydroxyl groups is 1. The molecule has 1 aromatic carbocycles. The Kier molecular flexibility index (Phi) is 6.72. The second kappa shape index (κ2) is 10.1. The van der Waals surface area contributed by atoms with E-state index in [0.29, 0.717) is 46.5 Å². The zero-order valence-electron chi connectivity index (χ0n) is 19.8. The monoisotopic (exact) mass is 476 g/mol. The summed E-state index contributed by atoms with van der Waals surface area (Å²) in [5.41, 5.74) is 7.13. The molecule has 5 rings (SSSR count). The largest absolute Gasteiger partial charge is 0.507 e. The van der Waals surface area contributed by atoms with Crippen LogP contribution in [-0.2, 0) is 6.42 Å². The number of fused-ring (bicyclic) bond motifs is 1. The fourth-order valence-corrected chi connectivity index (χ4v) is 4.91. The third kappa shape index (κ3) is 5.32. The van der Waals surface area contributed by atoms with Crippen LogP contribution in [0.5, 0.6) is 11.5 Å². The highest BCUT2D eigenvalue weighted by atomic mass is 16.5. The molecule has 0 spiro atoms. The number of carbonyl (C=O) groups is 1. The number of rotatable bonds is 9. The maximum absolute atomic E-state index is 12.5. The Morgan fingerprint density at radius 2 is 2.06 bits per heavy atom. The van der Waals surface area contributed by atoms with Gasteiger partial charge in [0.1, 0.15) is 22.7 Å². The van der Waals surface area contributed by atoms with Crippen molar-refractivity contribution >= 4 is 16.9 Å². The number of amides is 1. The van der Waals surface area contributed by atoms with E-state index in [0.717, 1.165) is 50.8 Å². The summed E-state index contributed by atoms with van der Waals surface area (Å²) in [4.78, 5) is 31.7. The SMILES string of the molecule is NC(=O)c1cc2c(CCCC3CCCNC3)cc(-c3c(O)cccc3OCC3CC3)nc2[nH]c1=O. The van der Waals surface area contributed by atoms with E-state index >= 15 is 0 Å². The minimum atomic E-state index is -0.770. The zero-order valence-corrected chi connectivity index (χ0v) is 19.8.